The van der Waals surface area contributed by atoms with Crippen molar-refractivity contribution in [3.8, 4) is 0 Å². The number of nitrogens with two attached hydrogens (primary N) is 1. The molecule has 5 heteroatoms. The van der Waals surface area contributed by atoms with E-state index in [1.54, 1.807) is 0 Å². The minimum Gasteiger partial charge on any atom is -0.392 e. The maximum atomic E-state index is 12.5. The number of likely N-dealkylation sites (tertiary alicyclic amines) is 1. The molecule has 0 saturated carbocycles. The van der Waals surface area contributed by atoms with Crippen molar-refractivity contribution in [2.24, 2.45) is 17.1 Å². The van der Waals surface area contributed by atoms with E-state index < -0.39 is 11.5 Å². The van der Waals surface area contributed by atoms with Gasteiger partial charge in [-0.1, -0.05) is 39.4 Å². The number of carbonyl (C=O) groups excluding carboxylic acids is 2. The minimum absolute atomic E-state index is 0.118. The number of imide groups is 1. The van der Waals surface area contributed by atoms with E-state index in [1.165, 1.54) is 4.90 Å². The molecule has 0 aliphatic carbocycles. The predicted octanol–water partition coefficient (Wildman–Crippen LogP) is 1.86. The molecule has 4 nitrogen and oxygen atoms in total. The second-order valence-electron chi connectivity index (χ2n) is 5.52. The molecule has 1 aliphatic rings. The van der Waals surface area contributed by atoms with Crippen molar-refractivity contribution in [2.45, 2.75) is 53.0 Å². The van der Waals surface area contributed by atoms with E-state index in [2.05, 4.69) is 0 Å². The van der Waals surface area contributed by atoms with Gasteiger partial charge >= 0.3 is 0 Å². The topological polar surface area (TPSA) is 63.4 Å². The van der Waals surface area contributed by atoms with Gasteiger partial charge in [0.15, 0.2) is 0 Å². The second-order valence-corrected chi connectivity index (χ2v) is 6.00. The lowest BCUT2D eigenvalue weighted by atomic mass is 9.78. The van der Waals surface area contributed by atoms with Gasteiger partial charge in [-0.3, -0.25) is 14.5 Å². The van der Waals surface area contributed by atoms with Crippen LogP contribution in [0.2, 0.25) is 0 Å². The number of thiocarbonyl (C=S) groups is 1. The summed E-state index contributed by atoms with van der Waals surface area (Å²) in [6.45, 7) is 7.76. The lowest BCUT2D eigenvalue weighted by Crippen LogP contribution is -2.48. The normalized spacial score (nSPS) is 25.9. The first-order chi connectivity index (χ1) is 8.25. The van der Waals surface area contributed by atoms with Crippen LogP contribution in [-0.4, -0.2) is 27.7 Å². The average Bonchev–Trinajstić information content (AvgIpc) is 2.48. The molecule has 1 saturated heterocycles. The highest BCUT2D eigenvalue weighted by Crippen LogP contribution is 2.40. The van der Waals surface area contributed by atoms with Gasteiger partial charge in [0.05, 0.1) is 16.4 Å². The maximum absolute atomic E-state index is 12.5. The SMILES string of the molecule is CCCC(C(N)=S)N1C(=O)CC(C)(C(C)C)C1=O. The molecule has 0 radical (unpaired) electrons. The molecule has 102 valence electrons. The van der Waals surface area contributed by atoms with E-state index in [-0.39, 0.29) is 29.1 Å². The highest BCUT2D eigenvalue weighted by molar-refractivity contribution is 7.80. The van der Waals surface area contributed by atoms with Crippen LogP contribution in [0, 0.1) is 11.3 Å². The lowest BCUT2D eigenvalue weighted by Gasteiger charge is -2.29. The summed E-state index contributed by atoms with van der Waals surface area (Å²) in [4.78, 5) is 26.1. The summed E-state index contributed by atoms with van der Waals surface area (Å²) in [5, 5.41) is 0. The smallest absolute Gasteiger partial charge is 0.236 e. The Bertz CT molecular complexity index is 381. The van der Waals surface area contributed by atoms with Gasteiger partial charge in [0.25, 0.3) is 0 Å². The van der Waals surface area contributed by atoms with Crippen LogP contribution < -0.4 is 5.73 Å². The molecule has 18 heavy (non-hydrogen) atoms. The summed E-state index contributed by atoms with van der Waals surface area (Å²) >= 11 is 5.00. The third kappa shape index (κ3) is 2.41. The molecule has 2 unspecified atom stereocenters. The Kier molecular flexibility index (Phi) is 4.48. The summed E-state index contributed by atoms with van der Waals surface area (Å²) < 4.78 is 0. The van der Waals surface area contributed by atoms with E-state index in [1.807, 2.05) is 27.7 Å². The Morgan fingerprint density at radius 2 is 2.06 bits per heavy atom. The molecule has 2 atom stereocenters. The summed E-state index contributed by atoms with van der Waals surface area (Å²) in [6, 6.07) is -0.425. The zero-order valence-electron chi connectivity index (χ0n) is 11.5. The largest absolute Gasteiger partial charge is 0.392 e. The average molecular weight is 270 g/mol. The zero-order valence-corrected chi connectivity index (χ0v) is 12.3. The highest BCUT2D eigenvalue weighted by Gasteiger charge is 2.52. The molecular formula is C13H22N2O2S. The van der Waals surface area contributed by atoms with Crippen LogP contribution in [-0.2, 0) is 9.59 Å². The Morgan fingerprint density at radius 1 is 1.50 bits per heavy atom. The number of hydrogen-bond donors (Lipinski definition) is 1. The summed E-state index contributed by atoms with van der Waals surface area (Å²) in [5.41, 5.74) is 5.06. The third-order valence-electron chi connectivity index (χ3n) is 3.97. The molecule has 1 aliphatic heterocycles. The molecular weight excluding hydrogens is 248 g/mol. The van der Waals surface area contributed by atoms with E-state index in [0.29, 0.717) is 6.42 Å². The molecule has 0 spiro atoms. The van der Waals surface area contributed by atoms with Crippen LogP contribution in [0.25, 0.3) is 0 Å². The first-order valence-electron chi connectivity index (χ1n) is 6.41. The first kappa shape index (κ1) is 15.1. The monoisotopic (exact) mass is 270 g/mol. The van der Waals surface area contributed by atoms with Gasteiger partial charge in [0.1, 0.15) is 0 Å². The van der Waals surface area contributed by atoms with Gasteiger partial charge in [-0.05, 0) is 19.3 Å². The summed E-state index contributed by atoms with van der Waals surface area (Å²) in [5.74, 6) is -0.163. The number of amides is 2. The van der Waals surface area contributed by atoms with Crippen LogP contribution in [0.1, 0.15) is 47.0 Å². The minimum atomic E-state index is -0.617. The molecule has 0 bridgehead atoms. The van der Waals surface area contributed by atoms with Crippen molar-refractivity contribution >= 4 is 29.0 Å². The first-order valence-corrected chi connectivity index (χ1v) is 6.82. The maximum Gasteiger partial charge on any atom is 0.236 e. The molecule has 0 aromatic rings. The fourth-order valence-corrected chi connectivity index (χ4v) is 2.53. The highest BCUT2D eigenvalue weighted by atomic mass is 32.1. The molecule has 2 amide bonds. The van der Waals surface area contributed by atoms with E-state index in [4.69, 9.17) is 18.0 Å². The Labute approximate surface area is 114 Å². The van der Waals surface area contributed by atoms with Crippen molar-refractivity contribution < 1.29 is 9.59 Å². The van der Waals surface area contributed by atoms with Crippen molar-refractivity contribution in [2.75, 3.05) is 0 Å². The molecule has 2 N–H and O–H groups in total. The Hall–Kier alpha value is -0.970. The Morgan fingerprint density at radius 3 is 2.39 bits per heavy atom. The fraction of sp³-hybridized carbons (Fsp3) is 0.769. The van der Waals surface area contributed by atoms with Gasteiger partial charge in [-0.2, -0.15) is 0 Å². The third-order valence-corrected chi connectivity index (χ3v) is 4.24. The predicted molar refractivity (Wildman–Crippen MR) is 74.9 cm³/mol. The van der Waals surface area contributed by atoms with E-state index in [9.17, 15) is 9.59 Å². The number of rotatable bonds is 5. The molecule has 1 fully saturated rings. The van der Waals surface area contributed by atoms with Crippen LogP contribution in [0.5, 0.6) is 0 Å². The van der Waals surface area contributed by atoms with Crippen molar-refractivity contribution in [1.29, 1.82) is 0 Å². The standard InChI is InChI=1S/C13H22N2O2S/c1-5-6-9(11(14)18)15-10(16)7-13(4,8(2)3)12(15)17/h8-9H,5-7H2,1-4H3,(H2,14,18). The van der Waals surface area contributed by atoms with Crippen molar-refractivity contribution in [1.82, 2.24) is 4.90 Å². The van der Waals surface area contributed by atoms with Gasteiger partial charge < -0.3 is 5.73 Å². The fourth-order valence-electron chi connectivity index (χ4n) is 2.30. The summed E-state index contributed by atoms with van der Waals surface area (Å²) in [7, 11) is 0. The quantitative estimate of drug-likeness (QED) is 0.612. The number of hydrogen-bond acceptors (Lipinski definition) is 3. The van der Waals surface area contributed by atoms with Crippen LogP contribution in [0.3, 0.4) is 0 Å². The van der Waals surface area contributed by atoms with Gasteiger partial charge in [0.2, 0.25) is 11.8 Å². The molecule has 1 rings (SSSR count). The van der Waals surface area contributed by atoms with Gasteiger partial charge in [-0.15, -0.1) is 0 Å². The van der Waals surface area contributed by atoms with Gasteiger partial charge in [0, 0.05) is 6.42 Å². The molecule has 1 heterocycles. The number of carbonyl (C=O) groups is 2. The van der Waals surface area contributed by atoms with Gasteiger partial charge in [-0.25, -0.2) is 0 Å². The van der Waals surface area contributed by atoms with Crippen LogP contribution >= 0.6 is 12.2 Å². The number of nitrogens with zero attached hydrogens (tertiary/aromatic N) is 1. The van der Waals surface area contributed by atoms with Crippen molar-refractivity contribution in [3.05, 3.63) is 0 Å². The van der Waals surface area contributed by atoms with E-state index in [0.717, 1.165) is 6.42 Å². The molecule has 0 aromatic heterocycles. The Balaban J connectivity index is 3.07. The molecule has 0 aromatic carbocycles. The lowest BCUT2D eigenvalue weighted by molar-refractivity contribution is -0.143. The zero-order chi connectivity index (χ0) is 14.1. The van der Waals surface area contributed by atoms with Crippen LogP contribution in [0.4, 0.5) is 0 Å². The summed E-state index contributed by atoms with van der Waals surface area (Å²) in [6.07, 6.45) is 1.73. The van der Waals surface area contributed by atoms with Crippen molar-refractivity contribution in [3.63, 3.8) is 0 Å². The van der Waals surface area contributed by atoms with Crippen LogP contribution in [0.15, 0.2) is 0 Å². The second kappa shape index (κ2) is 5.34. The van der Waals surface area contributed by atoms with E-state index >= 15 is 0 Å².